The second kappa shape index (κ2) is 6.57. The van der Waals surface area contributed by atoms with Crippen LogP contribution in [0.2, 0.25) is 0 Å². The number of carbonyl (C=O) groups is 1. The molecule has 2 heterocycles. The first-order valence-electron chi connectivity index (χ1n) is 8.50. The fourth-order valence-electron chi connectivity index (χ4n) is 3.66. The number of hydrogen-bond acceptors (Lipinski definition) is 3. The van der Waals surface area contributed by atoms with Gasteiger partial charge in [0.05, 0.1) is 11.2 Å². The molecule has 2 aromatic rings. The van der Waals surface area contributed by atoms with E-state index in [0.717, 1.165) is 37.9 Å². The fourth-order valence-corrected chi connectivity index (χ4v) is 3.66. The molecule has 4 heteroatoms. The van der Waals surface area contributed by atoms with Gasteiger partial charge in [-0.15, -0.1) is 0 Å². The molecule has 1 amide bonds. The molecule has 0 aliphatic carbocycles. The van der Waals surface area contributed by atoms with Crippen LogP contribution in [0.5, 0.6) is 0 Å². The summed E-state index contributed by atoms with van der Waals surface area (Å²) in [5, 5.41) is 4.00. The van der Waals surface area contributed by atoms with Crippen LogP contribution in [0.15, 0.2) is 24.3 Å². The molecule has 0 saturated carbocycles. The highest BCUT2D eigenvalue weighted by Gasteiger charge is 2.26. The smallest absolute Gasteiger partial charge is 0.222 e. The van der Waals surface area contributed by atoms with Crippen LogP contribution in [-0.2, 0) is 11.2 Å². The summed E-state index contributed by atoms with van der Waals surface area (Å²) in [6.07, 6.45) is 2.77. The number of fused-ring (bicyclic) bond motifs is 1. The summed E-state index contributed by atoms with van der Waals surface area (Å²) < 4.78 is 0. The van der Waals surface area contributed by atoms with Crippen LogP contribution in [0, 0.1) is 12.8 Å². The predicted molar refractivity (Wildman–Crippen MR) is 94.9 cm³/mol. The molecule has 0 bridgehead atoms. The molecule has 122 valence electrons. The highest BCUT2D eigenvalue weighted by atomic mass is 16.1. The minimum Gasteiger partial charge on any atom is -0.371 e. The zero-order chi connectivity index (χ0) is 16.4. The molecule has 1 N–H and O–H groups in total. The Labute approximate surface area is 137 Å². The Bertz CT molecular complexity index is 718. The number of nitrogens with one attached hydrogen (secondary N) is 1. The van der Waals surface area contributed by atoms with Crippen molar-refractivity contribution in [1.82, 2.24) is 10.3 Å². The Kier molecular flexibility index (Phi) is 4.51. The first-order chi connectivity index (χ1) is 11.2. The van der Waals surface area contributed by atoms with Gasteiger partial charge in [-0.3, -0.25) is 9.78 Å². The number of piperidine rings is 1. The molecular weight excluding hydrogens is 286 g/mol. The third-order valence-corrected chi connectivity index (χ3v) is 4.97. The minimum absolute atomic E-state index is 0.148. The molecule has 4 nitrogen and oxygen atoms in total. The summed E-state index contributed by atoms with van der Waals surface area (Å²) in [5.74, 6) is 0.325. The first kappa shape index (κ1) is 15.8. The van der Waals surface area contributed by atoms with Crippen LogP contribution >= 0.6 is 0 Å². The number of anilines is 1. The van der Waals surface area contributed by atoms with E-state index in [1.807, 2.05) is 6.07 Å². The van der Waals surface area contributed by atoms with Crippen molar-refractivity contribution in [3.05, 3.63) is 35.5 Å². The van der Waals surface area contributed by atoms with Gasteiger partial charge in [-0.25, -0.2) is 0 Å². The number of para-hydroxylation sites is 1. The SMILES string of the molecule is CCc1nc2ccccc2c(N2CCC(C(=O)NC)CC2)c1C. The van der Waals surface area contributed by atoms with Crippen molar-refractivity contribution in [3.8, 4) is 0 Å². The van der Waals surface area contributed by atoms with Gasteiger partial charge in [0, 0.05) is 37.1 Å². The molecule has 0 atom stereocenters. The average molecular weight is 311 g/mol. The van der Waals surface area contributed by atoms with E-state index in [4.69, 9.17) is 4.98 Å². The first-order valence-corrected chi connectivity index (χ1v) is 8.50. The van der Waals surface area contributed by atoms with Crippen LogP contribution in [0.25, 0.3) is 10.9 Å². The van der Waals surface area contributed by atoms with Crippen LogP contribution in [0.3, 0.4) is 0 Å². The average Bonchev–Trinajstić information content (AvgIpc) is 2.60. The second-order valence-electron chi connectivity index (χ2n) is 6.28. The van der Waals surface area contributed by atoms with E-state index in [9.17, 15) is 4.79 Å². The van der Waals surface area contributed by atoms with Crippen LogP contribution in [0.1, 0.15) is 31.0 Å². The number of benzene rings is 1. The van der Waals surface area contributed by atoms with E-state index in [1.165, 1.54) is 22.3 Å². The molecule has 3 rings (SSSR count). The molecule has 1 aromatic carbocycles. The Morgan fingerprint density at radius 1 is 1.30 bits per heavy atom. The number of rotatable bonds is 3. The van der Waals surface area contributed by atoms with E-state index in [2.05, 4.69) is 42.3 Å². The van der Waals surface area contributed by atoms with Gasteiger partial charge < -0.3 is 10.2 Å². The number of pyridine rings is 1. The van der Waals surface area contributed by atoms with Gasteiger partial charge in [0.2, 0.25) is 5.91 Å². The van der Waals surface area contributed by atoms with Crippen molar-refractivity contribution >= 4 is 22.5 Å². The molecule has 0 spiro atoms. The van der Waals surface area contributed by atoms with Gasteiger partial charge in [-0.05, 0) is 37.8 Å². The number of carbonyl (C=O) groups excluding carboxylic acids is 1. The standard InChI is InChI=1S/C19H25N3O/c1-4-16-13(2)18(15-7-5-6-8-17(15)21-16)22-11-9-14(10-12-22)19(23)20-3/h5-8,14H,4,9-12H2,1-3H3,(H,20,23). The molecule has 0 radical (unpaired) electrons. The lowest BCUT2D eigenvalue weighted by Crippen LogP contribution is -2.40. The van der Waals surface area contributed by atoms with Crippen LogP contribution in [-0.4, -0.2) is 31.0 Å². The molecule has 1 saturated heterocycles. The number of amides is 1. The predicted octanol–water partition coefficient (Wildman–Crippen LogP) is 3.07. The summed E-state index contributed by atoms with van der Waals surface area (Å²) in [6, 6.07) is 8.38. The number of nitrogens with zero attached hydrogens (tertiary/aromatic N) is 2. The zero-order valence-corrected chi connectivity index (χ0v) is 14.2. The molecule has 23 heavy (non-hydrogen) atoms. The highest BCUT2D eigenvalue weighted by Crippen LogP contribution is 2.34. The number of aromatic nitrogens is 1. The quantitative estimate of drug-likeness (QED) is 0.947. The van der Waals surface area contributed by atoms with Crippen molar-refractivity contribution in [2.45, 2.75) is 33.1 Å². The normalized spacial score (nSPS) is 15.9. The molecule has 1 aliphatic heterocycles. The third kappa shape index (κ3) is 2.90. The molecule has 1 fully saturated rings. The van der Waals surface area contributed by atoms with Gasteiger partial charge in [0.25, 0.3) is 0 Å². The number of hydrogen-bond donors (Lipinski definition) is 1. The number of aryl methyl sites for hydroxylation is 1. The highest BCUT2D eigenvalue weighted by molar-refractivity contribution is 5.94. The largest absolute Gasteiger partial charge is 0.371 e. The summed E-state index contributed by atoms with van der Waals surface area (Å²) in [7, 11) is 1.72. The Morgan fingerprint density at radius 2 is 2.00 bits per heavy atom. The lowest BCUT2D eigenvalue weighted by atomic mass is 9.94. The lowest BCUT2D eigenvalue weighted by molar-refractivity contribution is -0.125. The van der Waals surface area contributed by atoms with Gasteiger partial charge in [-0.2, -0.15) is 0 Å². The Balaban J connectivity index is 1.97. The van der Waals surface area contributed by atoms with Crippen molar-refractivity contribution in [1.29, 1.82) is 0 Å². The van der Waals surface area contributed by atoms with E-state index in [0.29, 0.717) is 0 Å². The van der Waals surface area contributed by atoms with Crippen molar-refractivity contribution in [3.63, 3.8) is 0 Å². The zero-order valence-electron chi connectivity index (χ0n) is 14.2. The summed E-state index contributed by atoms with van der Waals surface area (Å²) >= 11 is 0. The third-order valence-electron chi connectivity index (χ3n) is 4.97. The Hall–Kier alpha value is -2.10. The van der Waals surface area contributed by atoms with E-state index < -0.39 is 0 Å². The lowest BCUT2D eigenvalue weighted by Gasteiger charge is -2.35. The van der Waals surface area contributed by atoms with Gasteiger partial charge >= 0.3 is 0 Å². The minimum atomic E-state index is 0.148. The monoisotopic (exact) mass is 311 g/mol. The maximum absolute atomic E-state index is 11.9. The van der Waals surface area contributed by atoms with E-state index in [-0.39, 0.29) is 11.8 Å². The summed E-state index contributed by atoms with van der Waals surface area (Å²) in [6.45, 7) is 6.19. The maximum atomic E-state index is 11.9. The van der Waals surface area contributed by atoms with Crippen molar-refractivity contribution < 1.29 is 4.79 Å². The molecule has 1 aromatic heterocycles. The van der Waals surface area contributed by atoms with Crippen molar-refractivity contribution in [2.75, 3.05) is 25.0 Å². The maximum Gasteiger partial charge on any atom is 0.222 e. The van der Waals surface area contributed by atoms with Crippen LogP contribution in [0.4, 0.5) is 5.69 Å². The van der Waals surface area contributed by atoms with Gasteiger partial charge in [0.15, 0.2) is 0 Å². The molecular formula is C19H25N3O. The summed E-state index contributed by atoms with van der Waals surface area (Å²) in [4.78, 5) is 19.1. The fraction of sp³-hybridized carbons (Fsp3) is 0.474. The van der Waals surface area contributed by atoms with E-state index >= 15 is 0 Å². The second-order valence-corrected chi connectivity index (χ2v) is 6.28. The van der Waals surface area contributed by atoms with Gasteiger partial charge in [0.1, 0.15) is 0 Å². The van der Waals surface area contributed by atoms with Crippen molar-refractivity contribution in [2.24, 2.45) is 5.92 Å². The van der Waals surface area contributed by atoms with Gasteiger partial charge in [-0.1, -0.05) is 25.1 Å². The van der Waals surface area contributed by atoms with E-state index in [1.54, 1.807) is 7.05 Å². The van der Waals surface area contributed by atoms with Crippen LogP contribution < -0.4 is 10.2 Å². The molecule has 1 aliphatic rings. The molecule has 0 unspecified atom stereocenters. The Morgan fingerprint density at radius 3 is 2.65 bits per heavy atom. The summed E-state index contributed by atoms with van der Waals surface area (Å²) in [5.41, 5.74) is 4.83. The topological polar surface area (TPSA) is 45.2 Å².